The molecule has 2 rings (SSSR count). The molecule has 1 saturated carbocycles. The monoisotopic (exact) mass is 256 g/mol. The molecule has 3 nitrogen and oxygen atoms in total. The standard InChI is InChI=1S/C13H24N2OS/c1-9(17-3)8-15-12(11-6-4-5-7-11)14-10(2)13(15)16/h9-12,14H,4-8H2,1-3H3. The molecule has 3 unspecified atom stereocenters. The van der Waals surface area contributed by atoms with Crippen LogP contribution in [-0.4, -0.2) is 41.1 Å². The summed E-state index contributed by atoms with van der Waals surface area (Å²) in [4.78, 5) is 14.3. The Morgan fingerprint density at radius 3 is 2.71 bits per heavy atom. The van der Waals surface area contributed by atoms with E-state index in [1.165, 1.54) is 25.7 Å². The van der Waals surface area contributed by atoms with Gasteiger partial charge in [0, 0.05) is 11.8 Å². The summed E-state index contributed by atoms with van der Waals surface area (Å²) in [5, 5.41) is 4.02. The maximum absolute atomic E-state index is 12.2. The van der Waals surface area contributed by atoms with Crippen molar-refractivity contribution in [1.82, 2.24) is 10.2 Å². The number of nitrogens with one attached hydrogen (secondary N) is 1. The van der Waals surface area contributed by atoms with Crippen LogP contribution in [-0.2, 0) is 4.79 Å². The van der Waals surface area contributed by atoms with Gasteiger partial charge in [-0.25, -0.2) is 0 Å². The van der Waals surface area contributed by atoms with Crippen LogP contribution in [0.5, 0.6) is 0 Å². The quantitative estimate of drug-likeness (QED) is 0.836. The molecular weight excluding hydrogens is 232 g/mol. The summed E-state index contributed by atoms with van der Waals surface area (Å²) < 4.78 is 0. The van der Waals surface area contributed by atoms with Crippen LogP contribution in [0.3, 0.4) is 0 Å². The summed E-state index contributed by atoms with van der Waals surface area (Å²) in [6.45, 7) is 5.08. The van der Waals surface area contributed by atoms with E-state index in [1.807, 2.05) is 18.7 Å². The molecular formula is C13H24N2OS. The highest BCUT2D eigenvalue weighted by molar-refractivity contribution is 7.99. The number of nitrogens with zero attached hydrogens (tertiary/aromatic N) is 1. The first-order chi connectivity index (χ1) is 8.13. The van der Waals surface area contributed by atoms with Crippen molar-refractivity contribution in [3.05, 3.63) is 0 Å². The lowest BCUT2D eigenvalue weighted by atomic mass is 10.0. The van der Waals surface area contributed by atoms with Gasteiger partial charge in [-0.1, -0.05) is 19.8 Å². The number of amides is 1. The number of rotatable bonds is 4. The van der Waals surface area contributed by atoms with Crippen LogP contribution in [0.4, 0.5) is 0 Å². The van der Waals surface area contributed by atoms with E-state index in [1.54, 1.807) is 0 Å². The number of carbonyl (C=O) groups excluding carboxylic acids is 1. The summed E-state index contributed by atoms with van der Waals surface area (Å²) in [6, 6.07) is 0.00894. The minimum atomic E-state index is 0.00894. The fraction of sp³-hybridized carbons (Fsp3) is 0.923. The third-order valence-electron chi connectivity index (χ3n) is 4.11. The predicted octanol–water partition coefficient (Wildman–Crippen LogP) is 2.07. The number of thioether (sulfide) groups is 1. The van der Waals surface area contributed by atoms with E-state index < -0.39 is 0 Å². The molecule has 0 aromatic carbocycles. The Morgan fingerprint density at radius 2 is 2.12 bits per heavy atom. The van der Waals surface area contributed by atoms with Gasteiger partial charge in [-0.05, 0) is 31.9 Å². The first-order valence-electron chi connectivity index (χ1n) is 6.72. The highest BCUT2D eigenvalue weighted by Gasteiger charge is 2.41. The van der Waals surface area contributed by atoms with Crippen LogP contribution in [0.1, 0.15) is 39.5 Å². The van der Waals surface area contributed by atoms with Crippen LogP contribution in [0, 0.1) is 5.92 Å². The van der Waals surface area contributed by atoms with Crippen LogP contribution in [0.15, 0.2) is 0 Å². The molecule has 3 atom stereocenters. The lowest BCUT2D eigenvalue weighted by molar-refractivity contribution is -0.130. The Labute approximate surface area is 109 Å². The second-order valence-electron chi connectivity index (χ2n) is 5.41. The summed E-state index contributed by atoms with van der Waals surface area (Å²) in [7, 11) is 0. The van der Waals surface area contributed by atoms with Gasteiger partial charge in [0.2, 0.25) is 5.91 Å². The molecule has 98 valence electrons. The molecule has 0 aromatic heterocycles. The Morgan fingerprint density at radius 1 is 1.47 bits per heavy atom. The van der Waals surface area contributed by atoms with Gasteiger partial charge in [-0.3, -0.25) is 10.1 Å². The summed E-state index contributed by atoms with van der Waals surface area (Å²) in [6.07, 6.45) is 7.64. The molecule has 4 heteroatoms. The number of hydrogen-bond donors (Lipinski definition) is 1. The van der Waals surface area contributed by atoms with Crippen LogP contribution >= 0.6 is 11.8 Å². The zero-order valence-electron chi connectivity index (χ0n) is 11.1. The number of hydrogen-bond acceptors (Lipinski definition) is 3. The van der Waals surface area contributed by atoms with Crippen molar-refractivity contribution in [3.8, 4) is 0 Å². The van der Waals surface area contributed by atoms with Gasteiger partial charge in [-0.15, -0.1) is 0 Å². The van der Waals surface area contributed by atoms with E-state index in [2.05, 4.69) is 23.4 Å². The first kappa shape index (κ1) is 13.2. The smallest absolute Gasteiger partial charge is 0.240 e. The van der Waals surface area contributed by atoms with Crippen molar-refractivity contribution >= 4 is 17.7 Å². The maximum atomic E-state index is 12.2. The molecule has 0 bridgehead atoms. The van der Waals surface area contributed by atoms with Gasteiger partial charge in [0.1, 0.15) is 0 Å². The van der Waals surface area contributed by atoms with Gasteiger partial charge in [-0.2, -0.15) is 11.8 Å². The van der Waals surface area contributed by atoms with Crippen molar-refractivity contribution in [2.24, 2.45) is 5.92 Å². The van der Waals surface area contributed by atoms with Crippen molar-refractivity contribution in [1.29, 1.82) is 0 Å². The average Bonchev–Trinajstić information content (AvgIpc) is 2.92. The van der Waals surface area contributed by atoms with Crippen molar-refractivity contribution in [3.63, 3.8) is 0 Å². The molecule has 1 heterocycles. The Bertz CT molecular complexity index is 279. The predicted molar refractivity (Wildman–Crippen MR) is 73.0 cm³/mol. The molecule has 0 radical (unpaired) electrons. The van der Waals surface area contributed by atoms with Crippen LogP contribution in [0.25, 0.3) is 0 Å². The molecule has 0 aromatic rings. The molecule has 0 spiro atoms. The summed E-state index contributed by atoms with van der Waals surface area (Å²) >= 11 is 1.84. The van der Waals surface area contributed by atoms with Crippen molar-refractivity contribution in [2.75, 3.05) is 12.8 Å². The maximum Gasteiger partial charge on any atom is 0.240 e. The molecule has 1 aliphatic heterocycles. The highest BCUT2D eigenvalue weighted by atomic mass is 32.2. The van der Waals surface area contributed by atoms with Gasteiger partial charge >= 0.3 is 0 Å². The zero-order chi connectivity index (χ0) is 12.4. The van der Waals surface area contributed by atoms with Crippen molar-refractivity contribution < 1.29 is 4.79 Å². The van der Waals surface area contributed by atoms with E-state index in [4.69, 9.17) is 0 Å². The first-order valence-corrected chi connectivity index (χ1v) is 8.01. The van der Waals surface area contributed by atoms with E-state index in [0.717, 1.165) is 6.54 Å². The second kappa shape index (κ2) is 5.61. The van der Waals surface area contributed by atoms with E-state index in [-0.39, 0.29) is 6.04 Å². The fourth-order valence-corrected chi connectivity index (χ4v) is 3.33. The third kappa shape index (κ3) is 2.79. The van der Waals surface area contributed by atoms with E-state index in [9.17, 15) is 4.79 Å². The average molecular weight is 256 g/mol. The largest absolute Gasteiger partial charge is 0.324 e. The Hall–Kier alpha value is -0.220. The topological polar surface area (TPSA) is 32.3 Å². The van der Waals surface area contributed by atoms with Gasteiger partial charge < -0.3 is 4.90 Å². The summed E-state index contributed by atoms with van der Waals surface area (Å²) in [5.41, 5.74) is 0. The van der Waals surface area contributed by atoms with E-state index in [0.29, 0.717) is 23.2 Å². The molecule has 1 saturated heterocycles. The Balaban J connectivity index is 2.04. The second-order valence-corrected chi connectivity index (χ2v) is 6.69. The summed E-state index contributed by atoms with van der Waals surface area (Å²) in [5.74, 6) is 0.973. The Kier molecular flexibility index (Phi) is 4.36. The molecule has 17 heavy (non-hydrogen) atoms. The minimum Gasteiger partial charge on any atom is -0.324 e. The molecule has 2 fully saturated rings. The van der Waals surface area contributed by atoms with E-state index >= 15 is 0 Å². The van der Waals surface area contributed by atoms with Gasteiger partial charge in [0.25, 0.3) is 0 Å². The fourth-order valence-electron chi connectivity index (χ4n) is 3.02. The van der Waals surface area contributed by atoms with Crippen LogP contribution in [0.2, 0.25) is 0 Å². The number of carbonyl (C=O) groups is 1. The normalized spacial score (nSPS) is 32.4. The molecule has 1 amide bonds. The van der Waals surface area contributed by atoms with Gasteiger partial charge in [0.15, 0.2) is 0 Å². The highest BCUT2D eigenvalue weighted by Crippen LogP contribution is 2.32. The van der Waals surface area contributed by atoms with Crippen molar-refractivity contribution in [2.45, 2.75) is 57.0 Å². The van der Waals surface area contributed by atoms with Crippen LogP contribution < -0.4 is 5.32 Å². The third-order valence-corrected chi connectivity index (χ3v) is 5.07. The minimum absolute atomic E-state index is 0.00894. The lowest BCUT2D eigenvalue weighted by Gasteiger charge is -2.30. The molecule has 1 aliphatic carbocycles. The lowest BCUT2D eigenvalue weighted by Crippen LogP contribution is -2.44. The SMILES string of the molecule is CSC(C)CN1C(=O)C(C)NC1C1CCCC1. The molecule has 2 aliphatic rings. The zero-order valence-corrected chi connectivity index (χ0v) is 11.9. The van der Waals surface area contributed by atoms with Gasteiger partial charge in [0.05, 0.1) is 12.2 Å². The molecule has 1 N–H and O–H groups in total.